The Morgan fingerprint density at radius 3 is 1.50 bits per heavy atom. The molecule has 0 aliphatic rings. The summed E-state index contributed by atoms with van der Waals surface area (Å²) < 4.78 is 4.72. The molecule has 1 N–H and O–H groups in total. The topological polar surface area (TPSA) is 18.5 Å². The molecule has 0 atom stereocenters. The Morgan fingerprint density at radius 1 is 1.00 bits per heavy atom. The van der Waals surface area contributed by atoms with Gasteiger partial charge in [-0.2, -0.15) is 0 Å². The predicted molar refractivity (Wildman–Crippen MR) is 57.3 cm³/mol. The zero-order valence-electron chi connectivity index (χ0n) is 9.31. The second-order valence-corrected chi connectivity index (χ2v) is 7.97. The van der Waals surface area contributed by atoms with Gasteiger partial charge in [-0.05, 0) is 40.8 Å². The lowest BCUT2D eigenvalue weighted by molar-refractivity contribution is 0.454. The van der Waals surface area contributed by atoms with Crippen LogP contribution in [-0.4, -0.2) is 52.4 Å². The third-order valence-electron chi connectivity index (χ3n) is 2.43. The second-order valence-electron chi connectivity index (χ2n) is 3.49. The molecule has 0 radical (unpaired) electrons. The van der Waals surface area contributed by atoms with Crippen molar-refractivity contribution >= 4 is 8.56 Å². The van der Waals surface area contributed by atoms with Crippen LogP contribution < -0.4 is 4.98 Å². The highest BCUT2D eigenvalue weighted by molar-refractivity contribution is 6.71. The summed E-state index contributed by atoms with van der Waals surface area (Å²) in [7, 11) is 7.15. The van der Waals surface area contributed by atoms with Crippen LogP contribution in [0.25, 0.3) is 0 Å². The summed E-state index contributed by atoms with van der Waals surface area (Å²) in [5.41, 5.74) is 0. The zero-order valence-corrected chi connectivity index (χ0v) is 10.3. The van der Waals surface area contributed by atoms with Crippen molar-refractivity contribution in [3.63, 3.8) is 0 Å². The van der Waals surface area contributed by atoms with Gasteiger partial charge in [0.05, 0.1) is 0 Å². The highest BCUT2D eigenvalue weighted by atomic mass is 28.4. The monoisotopic (exact) mass is 189 g/mol. The van der Waals surface area contributed by atoms with Gasteiger partial charge in [0.2, 0.25) is 0 Å². The molecule has 0 spiro atoms. The fourth-order valence-corrected chi connectivity index (χ4v) is 5.27. The van der Waals surface area contributed by atoms with Crippen LogP contribution in [0.3, 0.4) is 0 Å². The van der Waals surface area contributed by atoms with Gasteiger partial charge in [-0.25, -0.2) is 0 Å². The van der Waals surface area contributed by atoms with Crippen molar-refractivity contribution < 1.29 is 0 Å². The molecule has 0 aromatic heterocycles. The second kappa shape index (κ2) is 4.96. The Bertz CT molecular complexity index is 117. The van der Waals surface area contributed by atoms with E-state index in [4.69, 9.17) is 0 Å². The minimum Gasteiger partial charge on any atom is -0.313 e. The summed E-state index contributed by atoms with van der Waals surface area (Å²) in [5.74, 6) is 0. The average Bonchev–Trinajstić information content (AvgIpc) is 1.98. The summed E-state index contributed by atoms with van der Waals surface area (Å²) in [6.45, 7) is 5.48. The van der Waals surface area contributed by atoms with Gasteiger partial charge in [-0.1, -0.05) is 13.8 Å². The molecule has 12 heavy (non-hydrogen) atoms. The molecule has 4 heteroatoms. The molecule has 0 aliphatic carbocycles. The summed E-state index contributed by atoms with van der Waals surface area (Å²) in [6, 6.07) is 1.21. The summed E-state index contributed by atoms with van der Waals surface area (Å²) in [4.78, 5) is 3.64. The van der Waals surface area contributed by atoms with Crippen LogP contribution in [0.15, 0.2) is 0 Å². The maximum absolute atomic E-state index is 3.64. The van der Waals surface area contributed by atoms with Gasteiger partial charge in [0.15, 0.2) is 0 Å². The van der Waals surface area contributed by atoms with E-state index >= 15 is 0 Å². The molecule has 0 rings (SSSR count). The molecule has 0 aromatic carbocycles. The van der Waals surface area contributed by atoms with E-state index in [1.165, 1.54) is 6.04 Å². The summed E-state index contributed by atoms with van der Waals surface area (Å²) in [6.07, 6.45) is 0. The SMILES string of the molecule is CCN[Si](CC)(N(C)C)N(C)C. The van der Waals surface area contributed by atoms with E-state index in [1.54, 1.807) is 0 Å². The van der Waals surface area contributed by atoms with Crippen molar-refractivity contribution in [1.82, 2.24) is 14.1 Å². The van der Waals surface area contributed by atoms with Crippen LogP contribution in [0.2, 0.25) is 6.04 Å². The largest absolute Gasteiger partial charge is 0.313 e. The third kappa shape index (κ3) is 2.29. The molecule has 0 saturated carbocycles. The Morgan fingerprint density at radius 2 is 1.42 bits per heavy atom. The smallest absolute Gasteiger partial charge is 0.285 e. The molecule has 0 amide bonds. The van der Waals surface area contributed by atoms with Crippen molar-refractivity contribution in [2.75, 3.05) is 34.7 Å². The average molecular weight is 189 g/mol. The van der Waals surface area contributed by atoms with Crippen molar-refractivity contribution in [1.29, 1.82) is 0 Å². The first-order chi connectivity index (χ1) is 5.51. The van der Waals surface area contributed by atoms with Crippen molar-refractivity contribution in [2.24, 2.45) is 0 Å². The lowest BCUT2D eigenvalue weighted by Gasteiger charge is -2.41. The van der Waals surface area contributed by atoms with Gasteiger partial charge >= 0.3 is 0 Å². The molecule has 74 valence electrons. The molecule has 0 aromatic rings. The normalized spacial score (nSPS) is 13.0. The van der Waals surface area contributed by atoms with Crippen LogP contribution in [0, 0.1) is 0 Å². The molecule has 3 nitrogen and oxygen atoms in total. The van der Waals surface area contributed by atoms with Crippen LogP contribution >= 0.6 is 0 Å². The maximum atomic E-state index is 3.64. The van der Waals surface area contributed by atoms with Gasteiger partial charge < -0.3 is 14.1 Å². The van der Waals surface area contributed by atoms with Crippen molar-refractivity contribution in [3.8, 4) is 0 Å². The lowest BCUT2D eigenvalue weighted by atomic mass is 10.8. The van der Waals surface area contributed by atoms with Crippen LogP contribution in [0.5, 0.6) is 0 Å². The third-order valence-corrected chi connectivity index (χ3v) is 7.30. The van der Waals surface area contributed by atoms with Gasteiger partial charge in [-0.15, -0.1) is 0 Å². The molecule has 0 aliphatic heterocycles. The molecule has 0 heterocycles. The van der Waals surface area contributed by atoms with E-state index in [0.29, 0.717) is 0 Å². The highest BCUT2D eigenvalue weighted by Crippen LogP contribution is 2.10. The fraction of sp³-hybridized carbons (Fsp3) is 1.00. The molecule has 0 saturated heterocycles. The molecule has 0 unspecified atom stereocenters. The minimum absolute atomic E-state index is 1.05. The lowest BCUT2D eigenvalue weighted by Crippen LogP contribution is -2.70. The summed E-state index contributed by atoms with van der Waals surface area (Å²) in [5, 5.41) is 0. The minimum atomic E-state index is -1.51. The van der Waals surface area contributed by atoms with Gasteiger partial charge in [0.25, 0.3) is 8.56 Å². The van der Waals surface area contributed by atoms with E-state index in [0.717, 1.165) is 6.54 Å². The zero-order chi connectivity index (χ0) is 9.78. The van der Waals surface area contributed by atoms with Crippen molar-refractivity contribution in [3.05, 3.63) is 0 Å². The van der Waals surface area contributed by atoms with Gasteiger partial charge in [-0.3, -0.25) is 0 Å². The number of hydrogen-bond acceptors (Lipinski definition) is 3. The number of nitrogens with zero attached hydrogens (tertiary/aromatic N) is 2. The molecule has 0 fully saturated rings. The maximum Gasteiger partial charge on any atom is 0.285 e. The molecule has 0 bridgehead atoms. The van der Waals surface area contributed by atoms with Crippen LogP contribution in [0.1, 0.15) is 13.8 Å². The Labute approximate surface area is 78.0 Å². The van der Waals surface area contributed by atoms with Gasteiger partial charge in [0.1, 0.15) is 0 Å². The van der Waals surface area contributed by atoms with E-state index < -0.39 is 8.56 Å². The highest BCUT2D eigenvalue weighted by Gasteiger charge is 2.36. The predicted octanol–water partition coefficient (Wildman–Crippen LogP) is 0.678. The number of nitrogens with one attached hydrogen (secondary N) is 1. The molecular weight excluding hydrogens is 166 g/mol. The van der Waals surface area contributed by atoms with E-state index in [-0.39, 0.29) is 0 Å². The first-order valence-electron chi connectivity index (χ1n) is 4.61. The number of rotatable bonds is 5. The number of hydrogen-bond donors (Lipinski definition) is 1. The van der Waals surface area contributed by atoms with Crippen LogP contribution in [-0.2, 0) is 0 Å². The quantitative estimate of drug-likeness (QED) is 0.642. The van der Waals surface area contributed by atoms with Crippen LogP contribution in [0.4, 0.5) is 0 Å². The van der Waals surface area contributed by atoms with Crippen molar-refractivity contribution in [2.45, 2.75) is 19.9 Å². The summed E-state index contributed by atoms with van der Waals surface area (Å²) >= 11 is 0. The first kappa shape index (κ1) is 12.1. The first-order valence-corrected chi connectivity index (χ1v) is 6.71. The Kier molecular flexibility index (Phi) is 5.00. The van der Waals surface area contributed by atoms with Gasteiger partial charge in [0, 0.05) is 0 Å². The Balaban J connectivity index is 4.51. The Hall–Kier alpha value is 0.0969. The van der Waals surface area contributed by atoms with E-state index in [9.17, 15) is 0 Å². The van der Waals surface area contributed by atoms with E-state index in [2.05, 4.69) is 56.2 Å². The molecular formula is C8H23N3Si. The standard InChI is InChI=1S/C8H23N3Si/c1-7-9-12(8-2,10(3)4)11(5)6/h9H,7-8H2,1-6H3. The fourth-order valence-electron chi connectivity index (χ4n) is 1.76. The van der Waals surface area contributed by atoms with E-state index in [1.807, 2.05) is 0 Å².